The molecule has 0 amide bonds. The molecule has 0 saturated heterocycles. The van der Waals surface area contributed by atoms with Crippen molar-refractivity contribution in [3.8, 4) is 0 Å². The summed E-state index contributed by atoms with van der Waals surface area (Å²) in [6, 6.07) is -1.79. The minimum atomic E-state index is -2.20. The average molecular weight is 192 g/mol. The van der Waals surface area contributed by atoms with Crippen LogP contribution in [0.15, 0.2) is 0 Å². The fraction of sp³-hybridized carbons (Fsp3) is 0.667. The summed E-state index contributed by atoms with van der Waals surface area (Å²) in [5, 5.41) is -1.56. The molecular weight excluding hydrogens is 180 g/mol. The maximum atomic E-state index is 11.0. The summed E-state index contributed by atoms with van der Waals surface area (Å²) in [5.41, 5.74) is 10.3. The van der Waals surface area contributed by atoms with Crippen molar-refractivity contribution in [2.45, 2.75) is 25.9 Å². The Labute approximate surface area is 73.7 Å². The van der Waals surface area contributed by atoms with Crippen molar-refractivity contribution >= 4 is 21.4 Å². The molecule has 0 fully saturated rings. The quantitative estimate of drug-likeness (QED) is 0.516. The molecule has 0 aromatic heterocycles. The van der Waals surface area contributed by atoms with Crippen molar-refractivity contribution in [2.75, 3.05) is 0 Å². The Morgan fingerprint density at radius 2 is 1.42 bits per heavy atom. The van der Waals surface area contributed by atoms with Gasteiger partial charge in [-0.25, -0.2) is 9.59 Å². The number of rotatable bonds is 2. The maximum absolute atomic E-state index is 11.0. The minimum absolute atomic E-state index is 0.780. The molecule has 0 aliphatic heterocycles. The monoisotopic (exact) mass is 192 g/mol. The minimum Gasteiger partial charge on any atom is -0.602 e. The standard InChI is InChI=1S/C6H12N2O3S/c1-3(7)5(9)12(11)6(10)4(2)8/h3-4H,7-8H2,1-2H3/t3-,4-/m0/s1. The highest BCUT2D eigenvalue weighted by Gasteiger charge is 2.33. The first-order valence-electron chi connectivity index (χ1n) is 3.38. The fourth-order valence-corrected chi connectivity index (χ4v) is 1.31. The van der Waals surface area contributed by atoms with E-state index >= 15 is 0 Å². The largest absolute Gasteiger partial charge is 0.602 e. The third-order valence-electron chi connectivity index (χ3n) is 1.11. The molecule has 0 rings (SSSR count). The lowest BCUT2D eigenvalue weighted by molar-refractivity contribution is -0.115. The number of carbonyl (C=O) groups is 2. The van der Waals surface area contributed by atoms with Crippen LogP contribution in [0.5, 0.6) is 0 Å². The lowest BCUT2D eigenvalue weighted by Gasteiger charge is -2.09. The predicted molar refractivity (Wildman–Crippen MR) is 45.5 cm³/mol. The van der Waals surface area contributed by atoms with Crippen molar-refractivity contribution in [2.24, 2.45) is 11.5 Å². The van der Waals surface area contributed by atoms with Gasteiger partial charge in [-0.15, -0.1) is 0 Å². The van der Waals surface area contributed by atoms with Crippen molar-refractivity contribution < 1.29 is 14.1 Å². The van der Waals surface area contributed by atoms with Gasteiger partial charge in [0.2, 0.25) is 0 Å². The zero-order valence-electron chi connectivity index (χ0n) is 6.94. The van der Waals surface area contributed by atoms with Crippen molar-refractivity contribution in [3.63, 3.8) is 0 Å². The SMILES string of the molecule is C[C@H](N)C(=O)[S+]([O-])C(=O)[C@H](C)N. The van der Waals surface area contributed by atoms with Gasteiger partial charge in [-0.1, -0.05) is 0 Å². The van der Waals surface area contributed by atoms with Gasteiger partial charge in [-0.3, -0.25) is 0 Å². The third-order valence-corrected chi connectivity index (χ3v) is 2.58. The molecule has 4 N–H and O–H groups in total. The Kier molecular flexibility index (Phi) is 4.40. The summed E-state index contributed by atoms with van der Waals surface area (Å²) in [4.78, 5) is 21.8. The first kappa shape index (κ1) is 11.6. The summed E-state index contributed by atoms with van der Waals surface area (Å²) in [7, 11) is 0. The van der Waals surface area contributed by atoms with Crippen LogP contribution in [0.3, 0.4) is 0 Å². The van der Waals surface area contributed by atoms with Crippen LogP contribution >= 0.6 is 0 Å². The Bertz CT molecular complexity index is 173. The third kappa shape index (κ3) is 2.90. The van der Waals surface area contributed by atoms with Crippen LogP contribution in [0.25, 0.3) is 0 Å². The second-order valence-corrected chi connectivity index (χ2v) is 3.83. The highest BCUT2D eigenvalue weighted by molar-refractivity contribution is 8.19. The maximum Gasteiger partial charge on any atom is 0.353 e. The van der Waals surface area contributed by atoms with Gasteiger partial charge in [0.05, 0.1) is 0 Å². The molecule has 0 bridgehead atoms. The Balaban J connectivity index is 4.30. The van der Waals surface area contributed by atoms with Crippen LogP contribution in [-0.2, 0) is 20.8 Å². The van der Waals surface area contributed by atoms with E-state index in [-0.39, 0.29) is 0 Å². The molecule has 0 heterocycles. The average Bonchev–Trinajstić information content (AvgIpc) is 2.00. The van der Waals surface area contributed by atoms with E-state index in [0.717, 1.165) is 0 Å². The molecule has 5 nitrogen and oxygen atoms in total. The molecule has 0 aromatic rings. The fourth-order valence-electron chi connectivity index (χ4n) is 0.437. The van der Waals surface area contributed by atoms with E-state index in [1.54, 1.807) is 0 Å². The molecule has 0 saturated carbocycles. The van der Waals surface area contributed by atoms with Crippen LogP contribution in [-0.4, -0.2) is 26.9 Å². The van der Waals surface area contributed by atoms with E-state index in [1.807, 2.05) is 0 Å². The van der Waals surface area contributed by atoms with Gasteiger partial charge in [0.1, 0.15) is 23.3 Å². The van der Waals surface area contributed by atoms with E-state index in [1.165, 1.54) is 13.8 Å². The molecule has 0 spiro atoms. The van der Waals surface area contributed by atoms with E-state index in [2.05, 4.69) is 0 Å². The first-order valence-corrected chi connectivity index (χ1v) is 4.53. The molecule has 0 aliphatic carbocycles. The molecule has 0 aromatic carbocycles. The van der Waals surface area contributed by atoms with Crippen LogP contribution in [0, 0.1) is 0 Å². The van der Waals surface area contributed by atoms with E-state index in [4.69, 9.17) is 11.5 Å². The number of hydrogen-bond acceptors (Lipinski definition) is 5. The lowest BCUT2D eigenvalue weighted by atomic mass is 10.4. The second-order valence-electron chi connectivity index (χ2n) is 2.48. The molecule has 0 unspecified atom stereocenters. The topological polar surface area (TPSA) is 109 Å². The van der Waals surface area contributed by atoms with Gasteiger partial charge in [0.25, 0.3) is 0 Å². The van der Waals surface area contributed by atoms with E-state index in [0.29, 0.717) is 0 Å². The molecule has 6 heteroatoms. The van der Waals surface area contributed by atoms with Crippen LogP contribution in [0.4, 0.5) is 0 Å². The molecule has 0 radical (unpaired) electrons. The molecule has 12 heavy (non-hydrogen) atoms. The summed E-state index contributed by atoms with van der Waals surface area (Å²) in [6.45, 7) is 2.74. The zero-order chi connectivity index (χ0) is 9.89. The summed E-state index contributed by atoms with van der Waals surface area (Å²) in [6.07, 6.45) is 0. The summed E-state index contributed by atoms with van der Waals surface area (Å²) in [5.74, 6) is 0. The predicted octanol–water partition coefficient (Wildman–Crippen LogP) is -1.52. The summed E-state index contributed by atoms with van der Waals surface area (Å²) >= 11 is -2.20. The smallest absolute Gasteiger partial charge is 0.353 e. The van der Waals surface area contributed by atoms with Gasteiger partial charge in [0, 0.05) is 0 Å². The Morgan fingerprint density at radius 1 is 1.17 bits per heavy atom. The Hall–Kier alpha value is -0.430. The van der Waals surface area contributed by atoms with Crippen LogP contribution in [0.2, 0.25) is 0 Å². The normalized spacial score (nSPS) is 15.8. The first-order chi connectivity index (χ1) is 5.37. The number of nitrogens with two attached hydrogens (primary N) is 2. The Morgan fingerprint density at radius 3 is 1.58 bits per heavy atom. The molecular formula is C6H12N2O3S. The molecule has 70 valence electrons. The van der Waals surface area contributed by atoms with Gasteiger partial charge < -0.3 is 16.0 Å². The lowest BCUT2D eigenvalue weighted by Crippen LogP contribution is -2.42. The number of hydrogen-bond donors (Lipinski definition) is 2. The van der Waals surface area contributed by atoms with Crippen molar-refractivity contribution in [1.29, 1.82) is 0 Å². The van der Waals surface area contributed by atoms with Gasteiger partial charge in [-0.05, 0) is 13.8 Å². The van der Waals surface area contributed by atoms with Crippen molar-refractivity contribution in [3.05, 3.63) is 0 Å². The highest BCUT2D eigenvalue weighted by Crippen LogP contribution is 2.00. The van der Waals surface area contributed by atoms with Gasteiger partial charge in [-0.2, -0.15) is 0 Å². The highest BCUT2D eigenvalue weighted by atomic mass is 32.2. The zero-order valence-corrected chi connectivity index (χ0v) is 7.76. The van der Waals surface area contributed by atoms with Gasteiger partial charge in [0.15, 0.2) is 0 Å². The van der Waals surface area contributed by atoms with Crippen LogP contribution < -0.4 is 11.5 Å². The van der Waals surface area contributed by atoms with Gasteiger partial charge >= 0.3 is 10.2 Å². The van der Waals surface area contributed by atoms with Crippen molar-refractivity contribution in [1.82, 2.24) is 0 Å². The van der Waals surface area contributed by atoms with E-state index < -0.39 is 33.5 Å². The second kappa shape index (κ2) is 4.56. The number of carbonyl (C=O) groups excluding carboxylic acids is 2. The molecule has 0 aliphatic rings. The van der Waals surface area contributed by atoms with Crippen LogP contribution in [0.1, 0.15) is 13.8 Å². The summed E-state index contributed by atoms with van der Waals surface area (Å²) < 4.78 is 11.0. The molecule has 2 atom stereocenters. The van der Waals surface area contributed by atoms with E-state index in [9.17, 15) is 14.1 Å².